The molecule has 5 aromatic rings. The second-order valence-corrected chi connectivity index (χ2v) is 15.8. The van der Waals surface area contributed by atoms with Gasteiger partial charge in [0.25, 0.3) is 5.01 Å². The van der Waals surface area contributed by atoms with Crippen molar-refractivity contribution in [3.05, 3.63) is 144 Å². The average molecular weight is 750 g/mol. The van der Waals surface area contributed by atoms with Gasteiger partial charge in [-0.25, -0.2) is 0 Å². The van der Waals surface area contributed by atoms with Crippen LogP contribution in [0.5, 0.6) is 0 Å². The second-order valence-electron chi connectivity index (χ2n) is 11.5. The number of thioether (sulfide) groups is 3. The van der Waals surface area contributed by atoms with Crippen molar-refractivity contribution < 1.29 is 24.4 Å². The van der Waals surface area contributed by atoms with Crippen molar-refractivity contribution in [1.82, 2.24) is 0 Å². The number of hydrogen-bond acceptors (Lipinski definition) is 7. The Hall–Kier alpha value is -4.48. The fraction of sp³-hybridized carbons (Fsp3) is 0.146. The highest BCUT2D eigenvalue weighted by Crippen LogP contribution is 2.47. The number of hydrogen-bond donors (Lipinski definition) is 2. The van der Waals surface area contributed by atoms with Crippen LogP contribution in [0.1, 0.15) is 5.01 Å². The minimum Gasteiger partial charge on any atom is -0.481 e. The lowest BCUT2D eigenvalue weighted by molar-refractivity contribution is -0.664. The lowest BCUT2D eigenvalue weighted by Crippen LogP contribution is -2.36. The molecule has 0 spiro atoms. The van der Waals surface area contributed by atoms with Gasteiger partial charge in [-0.15, -0.1) is 23.5 Å². The van der Waals surface area contributed by atoms with Crippen LogP contribution in [0.3, 0.4) is 0 Å². The maximum atomic E-state index is 11.1. The van der Waals surface area contributed by atoms with Crippen molar-refractivity contribution in [2.45, 2.75) is 11.4 Å². The molecule has 0 bridgehead atoms. The van der Waals surface area contributed by atoms with E-state index in [4.69, 9.17) is 10.2 Å². The van der Waals surface area contributed by atoms with E-state index in [2.05, 4.69) is 82.3 Å². The summed E-state index contributed by atoms with van der Waals surface area (Å²) in [4.78, 5) is 25.7. The van der Waals surface area contributed by atoms with Gasteiger partial charge in [0.05, 0.1) is 28.0 Å². The summed E-state index contributed by atoms with van der Waals surface area (Å²) in [6.07, 6.45) is 14.3. The molecule has 0 amide bonds. The molecule has 0 aliphatic carbocycles. The molecule has 6 rings (SSSR count). The molecule has 4 aromatic carbocycles. The Morgan fingerprint density at radius 2 is 1.33 bits per heavy atom. The number of thiazole rings is 1. The molecule has 2 N–H and O–H groups in total. The van der Waals surface area contributed by atoms with E-state index in [1.807, 2.05) is 66.8 Å². The predicted molar refractivity (Wildman–Crippen MR) is 218 cm³/mol. The van der Waals surface area contributed by atoms with Crippen LogP contribution in [-0.2, 0) is 16.1 Å². The molecule has 258 valence electrons. The summed E-state index contributed by atoms with van der Waals surface area (Å²) < 4.78 is 3.47. The molecule has 6 nitrogen and oxygen atoms in total. The van der Waals surface area contributed by atoms with E-state index >= 15 is 0 Å². The zero-order valence-corrected chi connectivity index (χ0v) is 31.0. The number of fused-ring (bicyclic) bond motifs is 2. The molecule has 0 saturated carbocycles. The summed E-state index contributed by atoms with van der Waals surface area (Å²) in [7, 11) is 0. The van der Waals surface area contributed by atoms with Gasteiger partial charge in [0.1, 0.15) is 4.70 Å². The number of benzene rings is 4. The van der Waals surface area contributed by atoms with Gasteiger partial charge >= 0.3 is 11.9 Å². The Bertz CT molecular complexity index is 2110. The highest BCUT2D eigenvalue weighted by atomic mass is 32.2. The smallest absolute Gasteiger partial charge is 0.313 e. The molecule has 2 heterocycles. The molecule has 0 fully saturated rings. The van der Waals surface area contributed by atoms with Gasteiger partial charge in [0, 0.05) is 29.3 Å². The van der Waals surface area contributed by atoms with Crippen LogP contribution in [0, 0.1) is 0 Å². The van der Waals surface area contributed by atoms with Gasteiger partial charge < -0.3 is 15.1 Å². The minimum absolute atomic E-state index is 0.0923. The second kappa shape index (κ2) is 18.1. The monoisotopic (exact) mass is 749 g/mol. The van der Waals surface area contributed by atoms with E-state index in [1.165, 1.54) is 33.1 Å². The van der Waals surface area contributed by atoms with E-state index in [0.717, 1.165) is 43.5 Å². The fourth-order valence-electron chi connectivity index (χ4n) is 5.63. The molecule has 10 heteroatoms. The van der Waals surface area contributed by atoms with Crippen LogP contribution in [0.15, 0.2) is 143 Å². The summed E-state index contributed by atoms with van der Waals surface area (Å²) in [5, 5.41) is 20.4. The Balaban J connectivity index is 1.17. The van der Waals surface area contributed by atoms with Crippen molar-refractivity contribution >= 4 is 80.5 Å². The number of aryl methyl sites for hydroxylation is 1. The number of allylic oxidation sites excluding steroid dienone is 6. The number of rotatable bonds is 16. The average Bonchev–Trinajstić information content (AvgIpc) is 3.68. The van der Waals surface area contributed by atoms with Crippen LogP contribution in [0.25, 0.3) is 38.5 Å². The van der Waals surface area contributed by atoms with E-state index in [1.54, 1.807) is 23.1 Å². The number of carboxylic acids is 2. The summed E-state index contributed by atoms with van der Waals surface area (Å²) in [6, 6.07) is 33.8. The number of carbonyl (C=O) groups is 2. The highest BCUT2D eigenvalue weighted by molar-refractivity contribution is 8.03. The molecule has 1 aliphatic rings. The van der Waals surface area contributed by atoms with Crippen molar-refractivity contribution in [2.75, 3.05) is 34.5 Å². The Morgan fingerprint density at radius 3 is 2.04 bits per heavy atom. The quantitative estimate of drug-likeness (QED) is 0.0587. The fourth-order valence-corrected chi connectivity index (χ4v) is 9.05. The number of carboxylic acid groups (broad SMARTS) is 2. The van der Waals surface area contributed by atoms with Crippen LogP contribution >= 0.6 is 46.6 Å². The van der Waals surface area contributed by atoms with Crippen molar-refractivity contribution in [2.24, 2.45) is 0 Å². The van der Waals surface area contributed by atoms with E-state index in [-0.39, 0.29) is 11.5 Å². The zero-order valence-electron chi connectivity index (χ0n) is 27.8. The maximum absolute atomic E-state index is 11.1. The number of nitrogens with zero attached hydrogens (tertiary/aromatic N) is 2. The zero-order chi connectivity index (χ0) is 35.4. The van der Waals surface area contributed by atoms with Gasteiger partial charge in [0.2, 0.25) is 5.52 Å². The molecule has 0 radical (unpaired) electrons. The molecular weight excluding hydrogens is 713 g/mol. The number of anilines is 1. The third-order valence-corrected chi connectivity index (χ3v) is 12.1. The Kier molecular flexibility index (Phi) is 12.9. The van der Waals surface area contributed by atoms with Crippen LogP contribution in [0.2, 0.25) is 0 Å². The normalized spacial score (nSPS) is 13.7. The van der Waals surface area contributed by atoms with Crippen molar-refractivity contribution in [3.8, 4) is 22.3 Å². The molecule has 1 aromatic heterocycles. The third-order valence-electron chi connectivity index (χ3n) is 7.97. The molecule has 51 heavy (non-hydrogen) atoms. The summed E-state index contributed by atoms with van der Waals surface area (Å²) in [5.74, 6) is 0.00533. The summed E-state index contributed by atoms with van der Waals surface area (Å²) in [6.45, 7) is 1.43. The van der Waals surface area contributed by atoms with Crippen LogP contribution in [0.4, 0.5) is 5.69 Å². The predicted octanol–water partition coefficient (Wildman–Crippen LogP) is 9.74. The molecule has 0 saturated heterocycles. The first-order valence-corrected chi connectivity index (χ1v) is 20.4. The maximum Gasteiger partial charge on any atom is 0.313 e. The first kappa shape index (κ1) is 36.3. The first-order valence-electron chi connectivity index (χ1n) is 16.4. The van der Waals surface area contributed by atoms with E-state index in [0.29, 0.717) is 24.6 Å². The highest BCUT2D eigenvalue weighted by Gasteiger charge is 2.25. The molecular formula is C41H37N2O4S4+. The summed E-state index contributed by atoms with van der Waals surface area (Å²) >= 11 is 6.31. The van der Waals surface area contributed by atoms with Gasteiger partial charge in [-0.05, 0) is 46.5 Å². The Morgan fingerprint density at radius 1 is 0.706 bits per heavy atom. The van der Waals surface area contributed by atoms with Gasteiger partial charge in [-0.3, -0.25) is 9.59 Å². The third kappa shape index (κ3) is 9.86. The minimum atomic E-state index is -0.795. The van der Waals surface area contributed by atoms with E-state index in [9.17, 15) is 9.59 Å². The van der Waals surface area contributed by atoms with Gasteiger partial charge in [0.15, 0.2) is 6.54 Å². The largest absolute Gasteiger partial charge is 0.481 e. The van der Waals surface area contributed by atoms with Gasteiger partial charge in [-0.1, -0.05) is 126 Å². The van der Waals surface area contributed by atoms with Crippen molar-refractivity contribution in [1.29, 1.82) is 0 Å². The topological polar surface area (TPSA) is 81.7 Å². The molecule has 0 unspecified atom stereocenters. The van der Waals surface area contributed by atoms with E-state index < -0.39 is 11.9 Å². The number of aromatic nitrogens is 1. The standard InChI is InChI=1S/C41H36N2O4S4/c44-40(45)28-48-24-22-42-34-26-32(30-12-6-4-7-13-30)18-20-36(34)50-38(42)16-10-2-1-3-11-17-39-43(23-25-49-29-41(46)47)35-27-33(19-21-37(35)51-39)31-14-8-5-9-15-31/h1-21,26-27H,22-25,28-29H2,(H-,44,45,46,47)/p+1. The lowest BCUT2D eigenvalue weighted by Gasteiger charge is -2.20. The summed E-state index contributed by atoms with van der Waals surface area (Å²) in [5.41, 5.74) is 6.92. The Labute approximate surface area is 314 Å². The van der Waals surface area contributed by atoms with Gasteiger partial charge in [-0.2, -0.15) is 4.57 Å². The van der Waals surface area contributed by atoms with Crippen molar-refractivity contribution in [3.63, 3.8) is 0 Å². The lowest BCUT2D eigenvalue weighted by atomic mass is 10.0. The first-order chi connectivity index (χ1) is 25.0. The molecule has 0 atom stereocenters. The molecule has 1 aliphatic heterocycles. The number of aliphatic carboxylic acids is 2. The SMILES string of the molecule is O=C(O)CSCCN1/C(=C/C=C/C=C/C=C/c2sc3ccc(-c4ccccc4)cc3[n+]2CCSCC(=O)O)Sc2ccc(-c3ccccc3)cc21. The van der Waals surface area contributed by atoms with Crippen LogP contribution < -0.4 is 9.47 Å². The van der Waals surface area contributed by atoms with Crippen LogP contribution in [-0.4, -0.2) is 51.7 Å².